The second-order valence-electron chi connectivity index (χ2n) is 2.70. The molecular formula is C7H14NOS-. The van der Waals surface area contributed by atoms with E-state index in [0.29, 0.717) is 5.25 Å². The number of hydrogen-bond acceptors (Lipinski definition) is 1. The minimum Gasteiger partial charge on any atom is -0.664 e. The smallest absolute Gasteiger partial charge is 0.0237 e. The Morgan fingerprint density at radius 1 is 1.60 bits per heavy atom. The van der Waals surface area contributed by atoms with Crippen LogP contribution in [0.25, 0.3) is 5.32 Å². The zero-order valence-corrected chi connectivity index (χ0v) is 7.19. The summed E-state index contributed by atoms with van der Waals surface area (Å²) < 4.78 is 11.2. The zero-order valence-electron chi connectivity index (χ0n) is 6.38. The molecule has 2 unspecified atom stereocenters. The molecule has 0 aromatic carbocycles. The molecule has 60 valence electrons. The van der Waals surface area contributed by atoms with Crippen molar-refractivity contribution in [2.24, 2.45) is 0 Å². The molecule has 0 radical (unpaired) electrons. The molecule has 0 amide bonds. The fourth-order valence-electron chi connectivity index (χ4n) is 1.29. The molecule has 0 aromatic rings. The fourth-order valence-corrected chi connectivity index (χ4v) is 2.86. The molecule has 0 saturated carbocycles. The Labute approximate surface area is 64.8 Å². The highest BCUT2D eigenvalue weighted by atomic mass is 32.2. The second-order valence-corrected chi connectivity index (χ2v) is 4.54. The van der Waals surface area contributed by atoms with Crippen molar-refractivity contribution in [1.29, 1.82) is 0 Å². The van der Waals surface area contributed by atoms with Gasteiger partial charge in [-0.25, -0.2) is 0 Å². The molecule has 0 N–H and O–H groups in total. The van der Waals surface area contributed by atoms with E-state index >= 15 is 0 Å². The van der Waals surface area contributed by atoms with Crippen molar-refractivity contribution >= 4 is 10.8 Å². The van der Waals surface area contributed by atoms with Crippen molar-refractivity contribution in [2.45, 2.75) is 24.5 Å². The van der Waals surface area contributed by atoms with Crippen LogP contribution in [0.15, 0.2) is 0 Å². The minimum atomic E-state index is -0.572. The van der Waals surface area contributed by atoms with E-state index in [2.05, 4.69) is 5.32 Å². The van der Waals surface area contributed by atoms with Gasteiger partial charge in [-0.05, 0) is 12.8 Å². The van der Waals surface area contributed by atoms with E-state index in [1.54, 1.807) is 7.05 Å². The van der Waals surface area contributed by atoms with Gasteiger partial charge < -0.3 is 5.32 Å². The Morgan fingerprint density at radius 3 is 3.00 bits per heavy atom. The molecule has 2 atom stereocenters. The molecule has 3 heteroatoms. The van der Waals surface area contributed by atoms with Crippen molar-refractivity contribution in [3.8, 4) is 0 Å². The summed E-state index contributed by atoms with van der Waals surface area (Å²) >= 11 is 0. The van der Waals surface area contributed by atoms with E-state index in [0.717, 1.165) is 25.1 Å². The largest absolute Gasteiger partial charge is 0.664 e. The fraction of sp³-hybridized carbons (Fsp3) is 1.00. The van der Waals surface area contributed by atoms with Crippen LogP contribution in [-0.4, -0.2) is 28.8 Å². The van der Waals surface area contributed by atoms with Crippen LogP contribution in [0.4, 0.5) is 0 Å². The van der Waals surface area contributed by atoms with Crippen molar-refractivity contribution in [1.82, 2.24) is 0 Å². The Morgan fingerprint density at radius 2 is 2.40 bits per heavy atom. The van der Waals surface area contributed by atoms with Gasteiger partial charge in [-0.1, -0.05) is 6.42 Å². The van der Waals surface area contributed by atoms with Crippen LogP contribution in [0.1, 0.15) is 19.3 Å². The first-order valence-corrected chi connectivity index (χ1v) is 5.15. The van der Waals surface area contributed by atoms with Crippen LogP contribution in [0.5, 0.6) is 0 Å². The van der Waals surface area contributed by atoms with Gasteiger partial charge in [-0.15, -0.1) is 6.54 Å². The summed E-state index contributed by atoms with van der Waals surface area (Å²) in [4.78, 5) is 0. The monoisotopic (exact) mass is 160 g/mol. The van der Waals surface area contributed by atoms with Gasteiger partial charge in [0.2, 0.25) is 0 Å². The van der Waals surface area contributed by atoms with Crippen LogP contribution in [-0.2, 0) is 10.8 Å². The summed E-state index contributed by atoms with van der Waals surface area (Å²) in [5.74, 6) is 0.903. The van der Waals surface area contributed by atoms with Crippen LogP contribution < -0.4 is 0 Å². The van der Waals surface area contributed by atoms with Gasteiger partial charge in [0.1, 0.15) is 0 Å². The molecule has 1 aliphatic heterocycles. The molecule has 1 rings (SSSR count). The molecular weight excluding hydrogens is 146 g/mol. The lowest BCUT2D eigenvalue weighted by Crippen LogP contribution is -2.25. The van der Waals surface area contributed by atoms with Gasteiger partial charge in [0.15, 0.2) is 0 Å². The molecule has 1 saturated heterocycles. The Balaban J connectivity index is 2.32. The Kier molecular flexibility index (Phi) is 3.35. The third-order valence-corrected chi connectivity index (χ3v) is 3.70. The lowest BCUT2D eigenvalue weighted by atomic mass is 10.2. The molecule has 1 aliphatic rings. The molecule has 0 bridgehead atoms. The lowest BCUT2D eigenvalue weighted by molar-refractivity contribution is 0.617. The number of hydrogen-bond donors (Lipinski definition) is 0. The molecule has 0 spiro atoms. The van der Waals surface area contributed by atoms with Crippen LogP contribution >= 0.6 is 0 Å². The quantitative estimate of drug-likeness (QED) is 0.599. The maximum Gasteiger partial charge on any atom is 0.0237 e. The van der Waals surface area contributed by atoms with Gasteiger partial charge in [0, 0.05) is 21.8 Å². The summed E-state index contributed by atoms with van der Waals surface area (Å²) in [6, 6.07) is 0. The first-order chi connectivity index (χ1) is 4.84. The van der Waals surface area contributed by atoms with Crippen molar-refractivity contribution < 1.29 is 4.21 Å². The zero-order chi connectivity index (χ0) is 7.40. The molecule has 2 nitrogen and oxygen atoms in total. The summed E-state index contributed by atoms with van der Waals surface area (Å²) in [5, 5.41) is 4.39. The highest BCUT2D eigenvalue weighted by Gasteiger charge is 2.16. The highest BCUT2D eigenvalue weighted by Crippen LogP contribution is 2.16. The maximum absolute atomic E-state index is 11.2. The molecule has 1 heterocycles. The van der Waals surface area contributed by atoms with E-state index in [9.17, 15) is 4.21 Å². The van der Waals surface area contributed by atoms with E-state index in [4.69, 9.17) is 0 Å². The lowest BCUT2D eigenvalue weighted by Gasteiger charge is -2.26. The first kappa shape index (κ1) is 8.21. The third kappa shape index (κ3) is 2.06. The first-order valence-electron chi connectivity index (χ1n) is 3.77. The third-order valence-electron chi connectivity index (χ3n) is 1.88. The van der Waals surface area contributed by atoms with Crippen molar-refractivity contribution in [3.05, 3.63) is 5.32 Å². The summed E-state index contributed by atoms with van der Waals surface area (Å²) in [6.07, 6.45) is 3.50. The van der Waals surface area contributed by atoms with Crippen LogP contribution in [0.2, 0.25) is 0 Å². The van der Waals surface area contributed by atoms with Gasteiger partial charge >= 0.3 is 0 Å². The average Bonchev–Trinajstić information content (AvgIpc) is 1.94. The van der Waals surface area contributed by atoms with Gasteiger partial charge in [0.05, 0.1) is 0 Å². The van der Waals surface area contributed by atoms with Gasteiger partial charge in [-0.2, -0.15) is 7.05 Å². The Hall–Kier alpha value is 0.110. The van der Waals surface area contributed by atoms with Gasteiger partial charge in [-0.3, -0.25) is 4.21 Å². The predicted octanol–water partition coefficient (Wildman–Crippen LogP) is 1.29. The van der Waals surface area contributed by atoms with Gasteiger partial charge in [0.25, 0.3) is 0 Å². The standard InChI is InChI=1S/C7H14NOS/c1-8-6-7-4-2-3-5-10(7)9/h7H,2-6H2,1H3/q-1. The van der Waals surface area contributed by atoms with Crippen LogP contribution in [0.3, 0.4) is 0 Å². The number of nitrogens with zero attached hydrogens (tertiary/aromatic N) is 1. The van der Waals surface area contributed by atoms with E-state index in [1.165, 1.54) is 6.42 Å². The summed E-state index contributed by atoms with van der Waals surface area (Å²) in [6.45, 7) is 0.798. The minimum absolute atomic E-state index is 0.374. The van der Waals surface area contributed by atoms with Crippen molar-refractivity contribution in [3.63, 3.8) is 0 Å². The normalized spacial score (nSPS) is 34.1. The predicted molar refractivity (Wildman–Crippen MR) is 44.8 cm³/mol. The molecule has 0 aromatic heterocycles. The van der Waals surface area contributed by atoms with E-state index < -0.39 is 10.8 Å². The van der Waals surface area contributed by atoms with E-state index in [-0.39, 0.29) is 0 Å². The SMILES string of the molecule is C[N-]CC1CCCCS1=O. The number of rotatable bonds is 2. The highest BCUT2D eigenvalue weighted by molar-refractivity contribution is 7.85. The maximum atomic E-state index is 11.2. The average molecular weight is 160 g/mol. The molecule has 10 heavy (non-hydrogen) atoms. The summed E-state index contributed by atoms with van der Waals surface area (Å²) in [5.41, 5.74) is 0. The Bertz CT molecular complexity index is 125. The molecule has 0 aliphatic carbocycles. The second kappa shape index (κ2) is 4.09. The van der Waals surface area contributed by atoms with E-state index in [1.807, 2.05) is 0 Å². The van der Waals surface area contributed by atoms with Crippen molar-refractivity contribution in [2.75, 3.05) is 19.3 Å². The summed E-state index contributed by atoms with van der Waals surface area (Å²) in [7, 11) is 1.23. The molecule has 1 fully saturated rings. The van der Waals surface area contributed by atoms with Crippen LogP contribution in [0, 0.1) is 0 Å². The topological polar surface area (TPSA) is 31.2 Å².